The molecular weight excluding hydrogens is 364 g/mol. The number of amides is 1. The van der Waals surface area contributed by atoms with Crippen LogP contribution in [0, 0.1) is 0 Å². The normalized spacial score (nSPS) is 12.1. The van der Waals surface area contributed by atoms with Gasteiger partial charge in [-0.1, -0.05) is 18.2 Å². The van der Waals surface area contributed by atoms with Gasteiger partial charge in [-0.05, 0) is 62.7 Å². The second kappa shape index (κ2) is 8.37. The Hall–Kier alpha value is -2.64. The molecule has 0 spiro atoms. The van der Waals surface area contributed by atoms with Gasteiger partial charge in [0.05, 0.1) is 12.0 Å². The lowest BCUT2D eigenvalue weighted by atomic mass is 10.1. The Labute approximate surface area is 160 Å². The Morgan fingerprint density at radius 3 is 2.44 bits per heavy atom. The monoisotopic (exact) mass is 388 g/mol. The van der Waals surface area contributed by atoms with Crippen molar-refractivity contribution in [1.82, 2.24) is 4.72 Å². The van der Waals surface area contributed by atoms with Gasteiger partial charge < -0.3 is 10.1 Å². The standard InChI is InChI=1S/C20H24N2O4S/c1-20(2,3)22-27(24,25)18-10-6-8-16(14-18)21-19(23)12-11-15-7-5-9-17(13-15)26-4/h5-14,22H,1-4H3,(H,21,23)/b12-11+. The Morgan fingerprint density at radius 2 is 1.78 bits per heavy atom. The van der Waals surface area contributed by atoms with Crippen LogP contribution in [-0.2, 0) is 14.8 Å². The molecule has 0 saturated carbocycles. The van der Waals surface area contributed by atoms with E-state index in [-0.39, 0.29) is 10.8 Å². The van der Waals surface area contributed by atoms with Crippen LogP contribution in [0.1, 0.15) is 26.3 Å². The fraction of sp³-hybridized carbons (Fsp3) is 0.250. The molecule has 0 atom stereocenters. The van der Waals surface area contributed by atoms with Crippen LogP contribution in [0.25, 0.3) is 6.08 Å². The van der Waals surface area contributed by atoms with Gasteiger partial charge in [-0.2, -0.15) is 0 Å². The van der Waals surface area contributed by atoms with Crippen molar-refractivity contribution >= 4 is 27.7 Å². The van der Waals surface area contributed by atoms with Crippen molar-refractivity contribution < 1.29 is 17.9 Å². The lowest BCUT2D eigenvalue weighted by molar-refractivity contribution is -0.111. The molecule has 2 aromatic rings. The van der Waals surface area contributed by atoms with Gasteiger partial charge in [0, 0.05) is 17.3 Å². The fourth-order valence-electron chi connectivity index (χ4n) is 2.30. The van der Waals surface area contributed by atoms with Gasteiger partial charge in [0.15, 0.2) is 0 Å². The molecule has 0 aliphatic heterocycles. The molecule has 0 aromatic heterocycles. The van der Waals surface area contributed by atoms with Crippen LogP contribution < -0.4 is 14.8 Å². The zero-order valence-corrected chi connectivity index (χ0v) is 16.6. The van der Waals surface area contributed by atoms with Gasteiger partial charge in [-0.25, -0.2) is 13.1 Å². The number of methoxy groups -OCH3 is 1. The highest BCUT2D eigenvalue weighted by atomic mass is 32.2. The molecule has 0 fully saturated rings. The molecule has 0 unspecified atom stereocenters. The van der Waals surface area contributed by atoms with Crippen molar-refractivity contribution in [3.63, 3.8) is 0 Å². The minimum atomic E-state index is -3.67. The van der Waals surface area contributed by atoms with Crippen molar-refractivity contribution in [2.24, 2.45) is 0 Å². The van der Waals surface area contributed by atoms with E-state index >= 15 is 0 Å². The van der Waals surface area contributed by atoms with Crippen LogP contribution >= 0.6 is 0 Å². The van der Waals surface area contributed by atoms with Crippen molar-refractivity contribution in [3.05, 3.63) is 60.2 Å². The number of sulfonamides is 1. The summed E-state index contributed by atoms with van der Waals surface area (Å²) in [5.41, 5.74) is 0.611. The number of carbonyl (C=O) groups is 1. The molecule has 0 radical (unpaired) electrons. The highest BCUT2D eigenvalue weighted by molar-refractivity contribution is 7.89. The third-order valence-corrected chi connectivity index (χ3v) is 5.13. The average Bonchev–Trinajstić information content (AvgIpc) is 2.58. The van der Waals surface area contributed by atoms with Crippen molar-refractivity contribution in [3.8, 4) is 5.75 Å². The summed E-state index contributed by atoms with van der Waals surface area (Å²) in [6, 6.07) is 13.4. The summed E-state index contributed by atoms with van der Waals surface area (Å²) in [4.78, 5) is 12.2. The van der Waals surface area contributed by atoms with Crippen LogP contribution in [0.3, 0.4) is 0 Å². The van der Waals surface area contributed by atoms with E-state index in [4.69, 9.17) is 4.74 Å². The first kappa shape index (κ1) is 20.7. The summed E-state index contributed by atoms with van der Waals surface area (Å²) in [5.74, 6) is 0.331. The second-order valence-corrected chi connectivity index (χ2v) is 8.66. The van der Waals surface area contributed by atoms with Crippen molar-refractivity contribution in [2.75, 3.05) is 12.4 Å². The van der Waals surface area contributed by atoms with E-state index in [1.165, 1.54) is 18.2 Å². The van der Waals surface area contributed by atoms with Crippen LogP contribution in [-0.4, -0.2) is 27.0 Å². The molecule has 2 N–H and O–H groups in total. The van der Waals surface area contributed by atoms with Crippen LogP contribution in [0.2, 0.25) is 0 Å². The van der Waals surface area contributed by atoms with E-state index in [0.717, 1.165) is 5.56 Å². The summed E-state index contributed by atoms with van der Waals surface area (Å²) in [6.45, 7) is 5.29. The summed E-state index contributed by atoms with van der Waals surface area (Å²) >= 11 is 0. The topological polar surface area (TPSA) is 84.5 Å². The molecule has 7 heteroatoms. The lowest BCUT2D eigenvalue weighted by Gasteiger charge is -2.20. The smallest absolute Gasteiger partial charge is 0.248 e. The Morgan fingerprint density at radius 1 is 1.07 bits per heavy atom. The highest BCUT2D eigenvalue weighted by Gasteiger charge is 2.22. The van der Waals surface area contributed by atoms with E-state index in [0.29, 0.717) is 11.4 Å². The summed E-state index contributed by atoms with van der Waals surface area (Å²) in [6.07, 6.45) is 3.03. The molecule has 0 bridgehead atoms. The minimum Gasteiger partial charge on any atom is -0.497 e. The van der Waals surface area contributed by atoms with Crippen LogP contribution in [0.15, 0.2) is 59.5 Å². The first-order valence-corrected chi connectivity index (χ1v) is 9.84. The van der Waals surface area contributed by atoms with Gasteiger partial charge >= 0.3 is 0 Å². The SMILES string of the molecule is COc1cccc(/C=C/C(=O)Nc2cccc(S(=O)(=O)NC(C)(C)C)c2)c1. The quantitative estimate of drug-likeness (QED) is 0.743. The molecular formula is C20H24N2O4S. The maximum absolute atomic E-state index is 12.4. The molecule has 0 aliphatic rings. The molecule has 0 saturated heterocycles. The van der Waals surface area contributed by atoms with Gasteiger partial charge in [-0.3, -0.25) is 4.79 Å². The highest BCUT2D eigenvalue weighted by Crippen LogP contribution is 2.18. The van der Waals surface area contributed by atoms with Gasteiger partial charge in [0.25, 0.3) is 0 Å². The zero-order valence-electron chi connectivity index (χ0n) is 15.8. The Balaban J connectivity index is 2.11. The average molecular weight is 388 g/mol. The third-order valence-electron chi connectivity index (χ3n) is 3.37. The molecule has 0 heterocycles. The third kappa shape index (κ3) is 6.54. The Bertz CT molecular complexity index is 944. The molecule has 144 valence electrons. The van der Waals surface area contributed by atoms with Gasteiger partial charge in [-0.15, -0.1) is 0 Å². The van der Waals surface area contributed by atoms with Gasteiger partial charge in [0.2, 0.25) is 15.9 Å². The molecule has 2 rings (SSSR count). The second-order valence-electron chi connectivity index (χ2n) is 6.98. The van der Waals surface area contributed by atoms with Crippen molar-refractivity contribution in [2.45, 2.75) is 31.2 Å². The molecule has 6 nitrogen and oxygen atoms in total. The number of ether oxygens (including phenoxy) is 1. The van der Waals surface area contributed by atoms with E-state index in [1.54, 1.807) is 52.2 Å². The van der Waals surface area contributed by atoms with E-state index in [2.05, 4.69) is 10.0 Å². The number of hydrogen-bond acceptors (Lipinski definition) is 4. The number of rotatable bonds is 6. The molecule has 2 aromatic carbocycles. The van der Waals surface area contributed by atoms with E-state index in [9.17, 15) is 13.2 Å². The molecule has 0 aliphatic carbocycles. The molecule has 1 amide bonds. The predicted octanol–water partition coefficient (Wildman–Crippen LogP) is 3.42. The van der Waals surface area contributed by atoms with Crippen LogP contribution in [0.4, 0.5) is 5.69 Å². The maximum atomic E-state index is 12.4. The number of carbonyl (C=O) groups excluding carboxylic acids is 1. The molecule has 27 heavy (non-hydrogen) atoms. The van der Waals surface area contributed by atoms with E-state index in [1.807, 2.05) is 18.2 Å². The number of benzene rings is 2. The first-order valence-electron chi connectivity index (χ1n) is 8.36. The number of anilines is 1. The van der Waals surface area contributed by atoms with Crippen LogP contribution in [0.5, 0.6) is 5.75 Å². The lowest BCUT2D eigenvalue weighted by Crippen LogP contribution is -2.40. The Kier molecular flexibility index (Phi) is 6.41. The number of nitrogens with one attached hydrogen (secondary N) is 2. The summed E-state index contributed by atoms with van der Waals surface area (Å²) in [5, 5.41) is 2.67. The van der Waals surface area contributed by atoms with Gasteiger partial charge in [0.1, 0.15) is 5.75 Å². The predicted molar refractivity (Wildman–Crippen MR) is 107 cm³/mol. The summed E-state index contributed by atoms with van der Waals surface area (Å²) < 4.78 is 32.5. The van der Waals surface area contributed by atoms with Crippen molar-refractivity contribution in [1.29, 1.82) is 0 Å². The van der Waals surface area contributed by atoms with E-state index < -0.39 is 15.6 Å². The summed E-state index contributed by atoms with van der Waals surface area (Å²) in [7, 11) is -2.10. The maximum Gasteiger partial charge on any atom is 0.248 e. The first-order chi connectivity index (χ1) is 12.6. The minimum absolute atomic E-state index is 0.0898. The largest absolute Gasteiger partial charge is 0.497 e. The zero-order chi connectivity index (χ0) is 20.1. The fourth-order valence-corrected chi connectivity index (χ4v) is 3.77. The number of hydrogen-bond donors (Lipinski definition) is 2.